The largest absolute Gasteiger partial charge is 0.493 e. The summed E-state index contributed by atoms with van der Waals surface area (Å²) in [7, 11) is 3.21. The van der Waals surface area contributed by atoms with Crippen molar-refractivity contribution in [3.63, 3.8) is 0 Å². The Labute approximate surface area is 92.9 Å². The predicted molar refractivity (Wildman–Crippen MR) is 60.2 cm³/mol. The van der Waals surface area contributed by atoms with Crippen LogP contribution in [0.1, 0.15) is 5.56 Å². The lowest BCUT2D eigenvalue weighted by molar-refractivity contribution is 0.355. The van der Waals surface area contributed by atoms with E-state index in [-0.39, 0.29) is 0 Å². The number of halogens is 1. The Bertz CT molecular complexity index is 418. The molecule has 0 aliphatic carbocycles. The number of amidine groups is 1. The van der Waals surface area contributed by atoms with Crippen molar-refractivity contribution in [1.82, 2.24) is 0 Å². The second kappa shape index (κ2) is 3.98. The average Bonchev–Trinajstić information content (AvgIpc) is 2.27. The molecule has 1 aromatic rings. The maximum atomic E-state index is 5.78. The fourth-order valence-electron chi connectivity index (χ4n) is 1.47. The zero-order valence-electron chi connectivity index (χ0n) is 8.50. The van der Waals surface area contributed by atoms with Crippen LogP contribution in [-0.2, 0) is 6.54 Å². The molecule has 0 unspecified atom stereocenters. The first-order chi connectivity index (χ1) is 7.24. The lowest BCUT2D eigenvalue weighted by Gasteiger charge is -2.17. The van der Waals surface area contributed by atoms with Crippen LogP contribution >= 0.6 is 11.6 Å². The molecule has 1 aromatic carbocycles. The molecule has 15 heavy (non-hydrogen) atoms. The molecule has 0 atom stereocenters. The Morgan fingerprint density at radius 3 is 2.60 bits per heavy atom. The summed E-state index contributed by atoms with van der Waals surface area (Å²) in [5, 5.41) is 3.36. The van der Waals surface area contributed by atoms with Gasteiger partial charge in [0.25, 0.3) is 0 Å². The van der Waals surface area contributed by atoms with E-state index in [1.165, 1.54) is 0 Å². The topological polar surface area (TPSA) is 42.9 Å². The van der Waals surface area contributed by atoms with Crippen molar-refractivity contribution in [3.05, 3.63) is 17.7 Å². The Hall–Kier alpha value is -1.42. The van der Waals surface area contributed by atoms with E-state index in [0.29, 0.717) is 23.3 Å². The molecule has 2 rings (SSSR count). The number of aliphatic imine (C=N–C) groups is 1. The van der Waals surface area contributed by atoms with Crippen molar-refractivity contribution < 1.29 is 9.47 Å². The van der Waals surface area contributed by atoms with Crippen LogP contribution in [0.5, 0.6) is 11.5 Å². The number of anilines is 1. The third-order valence-electron chi connectivity index (χ3n) is 2.24. The minimum Gasteiger partial charge on any atom is -0.493 e. The minimum absolute atomic E-state index is 0.398. The van der Waals surface area contributed by atoms with Gasteiger partial charge in [-0.1, -0.05) is 0 Å². The average molecular weight is 227 g/mol. The van der Waals surface area contributed by atoms with E-state index in [9.17, 15) is 0 Å². The third kappa shape index (κ3) is 1.85. The highest BCUT2D eigenvalue weighted by atomic mass is 35.5. The summed E-state index contributed by atoms with van der Waals surface area (Å²) in [6.07, 6.45) is 0. The van der Waals surface area contributed by atoms with E-state index < -0.39 is 0 Å². The van der Waals surface area contributed by atoms with Gasteiger partial charge in [0.1, 0.15) is 0 Å². The molecule has 1 aliphatic rings. The number of nitrogens with one attached hydrogen (secondary N) is 1. The van der Waals surface area contributed by atoms with Crippen LogP contribution in [0, 0.1) is 0 Å². The number of benzene rings is 1. The monoisotopic (exact) mass is 226 g/mol. The number of hydrogen-bond acceptors (Lipinski definition) is 4. The number of fused-ring (bicyclic) bond motifs is 1. The Morgan fingerprint density at radius 2 is 1.93 bits per heavy atom. The van der Waals surface area contributed by atoms with Gasteiger partial charge in [-0.2, -0.15) is 0 Å². The fraction of sp³-hybridized carbons (Fsp3) is 0.300. The second-order valence-electron chi connectivity index (χ2n) is 3.10. The van der Waals surface area contributed by atoms with Gasteiger partial charge in [-0.15, -0.1) is 0 Å². The molecule has 1 heterocycles. The van der Waals surface area contributed by atoms with Gasteiger partial charge in [-0.3, -0.25) is 4.99 Å². The van der Waals surface area contributed by atoms with E-state index in [1.54, 1.807) is 14.2 Å². The molecule has 80 valence electrons. The van der Waals surface area contributed by atoms with E-state index in [4.69, 9.17) is 21.1 Å². The highest BCUT2D eigenvalue weighted by Crippen LogP contribution is 2.35. The first-order valence-corrected chi connectivity index (χ1v) is 4.84. The van der Waals surface area contributed by atoms with E-state index >= 15 is 0 Å². The second-order valence-corrected chi connectivity index (χ2v) is 3.45. The highest BCUT2D eigenvalue weighted by Gasteiger charge is 2.14. The van der Waals surface area contributed by atoms with Gasteiger partial charge in [0.05, 0.1) is 20.8 Å². The molecular formula is C10H11ClN2O2. The lowest BCUT2D eigenvalue weighted by Crippen LogP contribution is -2.12. The zero-order chi connectivity index (χ0) is 10.8. The molecule has 0 amide bonds. The first-order valence-electron chi connectivity index (χ1n) is 4.46. The molecule has 4 nitrogen and oxygen atoms in total. The summed E-state index contributed by atoms with van der Waals surface area (Å²) >= 11 is 5.78. The summed E-state index contributed by atoms with van der Waals surface area (Å²) in [4.78, 5) is 4.08. The van der Waals surface area contributed by atoms with Crippen molar-refractivity contribution in [2.24, 2.45) is 4.99 Å². The molecule has 0 saturated carbocycles. The molecule has 0 bridgehead atoms. The van der Waals surface area contributed by atoms with E-state index in [2.05, 4.69) is 10.3 Å². The molecule has 5 heteroatoms. The fourth-order valence-corrected chi connectivity index (χ4v) is 1.64. The van der Waals surface area contributed by atoms with Crippen LogP contribution in [0.25, 0.3) is 0 Å². The van der Waals surface area contributed by atoms with Gasteiger partial charge >= 0.3 is 0 Å². The standard InChI is InChI=1S/C10H11ClN2O2/c1-14-8-3-6-5-12-10(11)13-7(6)4-9(8)15-2/h3-4H,5H2,1-2H3,(H,12,13). The number of hydrogen-bond donors (Lipinski definition) is 1. The van der Waals surface area contributed by atoms with Crippen LogP contribution < -0.4 is 14.8 Å². The molecule has 1 N–H and O–H groups in total. The highest BCUT2D eigenvalue weighted by molar-refractivity contribution is 6.67. The van der Waals surface area contributed by atoms with Gasteiger partial charge in [-0.05, 0) is 17.7 Å². The third-order valence-corrected chi connectivity index (χ3v) is 2.45. The SMILES string of the molecule is COc1cc2c(cc1OC)NC(Cl)=NC2. The Kier molecular flexibility index (Phi) is 2.68. The minimum atomic E-state index is 0.398. The summed E-state index contributed by atoms with van der Waals surface area (Å²) < 4.78 is 10.4. The first kappa shape index (κ1) is 10.1. The smallest absolute Gasteiger partial charge is 0.196 e. The molecule has 0 radical (unpaired) electrons. The summed E-state index contributed by atoms with van der Waals surface area (Å²) in [5.41, 5.74) is 1.95. The zero-order valence-corrected chi connectivity index (χ0v) is 9.26. The number of ether oxygens (including phenoxy) is 2. The van der Waals surface area contributed by atoms with Crippen LogP contribution in [0.4, 0.5) is 5.69 Å². The van der Waals surface area contributed by atoms with Crippen LogP contribution in [0.3, 0.4) is 0 Å². The van der Waals surface area contributed by atoms with Gasteiger partial charge < -0.3 is 14.8 Å². The van der Waals surface area contributed by atoms with Crippen LogP contribution in [-0.4, -0.2) is 19.5 Å². The summed E-state index contributed by atoms with van der Waals surface area (Å²) in [6, 6.07) is 3.75. The Morgan fingerprint density at radius 1 is 1.27 bits per heavy atom. The van der Waals surface area contributed by atoms with Crippen molar-refractivity contribution in [2.45, 2.75) is 6.54 Å². The normalized spacial score (nSPS) is 13.7. The van der Waals surface area contributed by atoms with Gasteiger partial charge in [0, 0.05) is 17.3 Å². The molecular weight excluding hydrogens is 216 g/mol. The Balaban J connectivity index is 2.44. The number of rotatable bonds is 2. The lowest BCUT2D eigenvalue weighted by atomic mass is 10.1. The molecule has 0 aromatic heterocycles. The molecule has 1 aliphatic heterocycles. The van der Waals surface area contributed by atoms with E-state index in [1.807, 2.05) is 12.1 Å². The van der Waals surface area contributed by atoms with Gasteiger partial charge in [0.2, 0.25) is 0 Å². The maximum absolute atomic E-state index is 5.78. The van der Waals surface area contributed by atoms with Crippen LogP contribution in [0.2, 0.25) is 0 Å². The maximum Gasteiger partial charge on any atom is 0.196 e. The molecule has 0 spiro atoms. The van der Waals surface area contributed by atoms with Crippen molar-refractivity contribution in [3.8, 4) is 11.5 Å². The van der Waals surface area contributed by atoms with E-state index in [0.717, 1.165) is 11.3 Å². The molecule has 0 fully saturated rings. The number of nitrogens with zero attached hydrogens (tertiary/aromatic N) is 1. The summed E-state index contributed by atoms with van der Waals surface area (Å²) in [6.45, 7) is 0.557. The van der Waals surface area contributed by atoms with Crippen molar-refractivity contribution in [1.29, 1.82) is 0 Å². The summed E-state index contributed by atoms with van der Waals surface area (Å²) in [5.74, 6) is 1.38. The van der Waals surface area contributed by atoms with Crippen LogP contribution in [0.15, 0.2) is 17.1 Å². The number of methoxy groups -OCH3 is 2. The van der Waals surface area contributed by atoms with Crippen molar-refractivity contribution in [2.75, 3.05) is 19.5 Å². The quantitative estimate of drug-likeness (QED) is 0.787. The molecule has 0 saturated heterocycles. The van der Waals surface area contributed by atoms with Crippen molar-refractivity contribution >= 4 is 22.6 Å². The van der Waals surface area contributed by atoms with Gasteiger partial charge in [0.15, 0.2) is 16.8 Å². The predicted octanol–water partition coefficient (Wildman–Crippen LogP) is 2.22. The van der Waals surface area contributed by atoms with Gasteiger partial charge in [-0.25, -0.2) is 0 Å².